The largest absolute Gasteiger partial charge is 0.297 e. The Morgan fingerprint density at radius 3 is 2.53 bits per heavy atom. The first kappa shape index (κ1) is 14.5. The smallest absolute Gasteiger partial charge is 0.273 e. The lowest BCUT2D eigenvalue weighted by molar-refractivity contribution is 0.577. The van der Waals surface area contributed by atoms with Crippen molar-refractivity contribution in [1.29, 1.82) is 0 Å². The van der Waals surface area contributed by atoms with Gasteiger partial charge in [-0.05, 0) is 13.8 Å². The number of sulfone groups is 1. The summed E-state index contributed by atoms with van der Waals surface area (Å²) in [6, 6.07) is 0. The van der Waals surface area contributed by atoms with Crippen molar-refractivity contribution in [2.45, 2.75) is 25.6 Å². The summed E-state index contributed by atoms with van der Waals surface area (Å²) in [6.07, 6.45) is 1.19. The van der Waals surface area contributed by atoms with Crippen LogP contribution in [-0.2, 0) is 16.4 Å². The molecular formula is C9H12Cl2N2O3S. The molecule has 0 saturated carbocycles. The summed E-state index contributed by atoms with van der Waals surface area (Å²) in [5.41, 5.74) is -0.536. The van der Waals surface area contributed by atoms with Gasteiger partial charge in [0.25, 0.3) is 5.56 Å². The van der Waals surface area contributed by atoms with Crippen LogP contribution in [0.25, 0.3) is 0 Å². The van der Waals surface area contributed by atoms with Crippen molar-refractivity contribution >= 4 is 33.0 Å². The Hall–Kier alpha value is -0.590. The van der Waals surface area contributed by atoms with Crippen molar-refractivity contribution in [2.24, 2.45) is 0 Å². The van der Waals surface area contributed by atoms with Gasteiger partial charge < -0.3 is 0 Å². The molecule has 0 N–H and O–H groups in total. The van der Waals surface area contributed by atoms with Gasteiger partial charge in [-0.25, -0.2) is 13.4 Å². The van der Waals surface area contributed by atoms with E-state index in [0.29, 0.717) is 0 Å². The van der Waals surface area contributed by atoms with Crippen LogP contribution in [0.3, 0.4) is 0 Å². The average molecular weight is 299 g/mol. The summed E-state index contributed by atoms with van der Waals surface area (Å²) in [7, 11) is -3.20. The van der Waals surface area contributed by atoms with Crippen LogP contribution in [0.15, 0.2) is 11.1 Å². The van der Waals surface area contributed by atoms with E-state index in [1.165, 1.54) is 6.33 Å². The molecule has 0 spiro atoms. The molecule has 8 heteroatoms. The highest BCUT2D eigenvalue weighted by Gasteiger charge is 2.17. The van der Waals surface area contributed by atoms with Gasteiger partial charge >= 0.3 is 0 Å². The summed E-state index contributed by atoms with van der Waals surface area (Å²) in [5.74, 6) is -0.135. The monoisotopic (exact) mass is 298 g/mol. The van der Waals surface area contributed by atoms with E-state index in [1.807, 2.05) is 0 Å². The third-order valence-electron chi connectivity index (χ3n) is 2.28. The molecule has 0 saturated heterocycles. The SMILES string of the molecule is CC(C)S(=O)(=O)CCn1cnc(Cl)c(Cl)c1=O. The zero-order chi connectivity index (χ0) is 13.2. The first-order chi connectivity index (χ1) is 7.75. The number of halogens is 2. The van der Waals surface area contributed by atoms with Gasteiger partial charge in [-0.1, -0.05) is 23.2 Å². The molecule has 0 amide bonds. The van der Waals surface area contributed by atoms with Crippen molar-refractivity contribution in [2.75, 3.05) is 5.75 Å². The van der Waals surface area contributed by atoms with Gasteiger partial charge in [-0.15, -0.1) is 0 Å². The molecule has 0 fully saturated rings. The zero-order valence-electron chi connectivity index (χ0n) is 9.35. The third kappa shape index (κ3) is 3.43. The quantitative estimate of drug-likeness (QED) is 0.787. The topological polar surface area (TPSA) is 69.0 Å². The van der Waals surface area contributed by atoms with Gasteiger partial charge in [0.05, 0.1) is 17.3 Å². The Morgan fingerprint density at radius 1 is 1.41 bits per heavy atom. The Labute approximate surface area is 109 Å². The lowest BCUT2D eigenvalue weighted by Crippen LogP contribution is -2.27. The molecule has 0 aliphatic rings. The van der Waals surface area contributed by atoms with Crippen molar-refractivity contribution in [1.82, 2.24) is 9.55 Å². The molecule has 0 aromatic carbocycles. The Morgan fingerprint density at radius 2 is 2.00 bits per heavy atom. The van der Waals surface area contributed by atoms with Crippen LogP contribution in [0.5, 0.6) is 0 Å². The molecule has 96 valence electrons. The van der Waals surface area contributed by atoms with E-state index >= 15 is 0 Å². The van der Waals surface area contributed by atoms with Crippen molar-refractivity contribution in [3.05, 3.63) is 26.9 Å². The summed E-state index contributed by atoms with van der Waals surface area (Å²) in [4.78, 5) is 15.3. The van der Waals surface area contributed by atoms with Crippen LogP contribution in [0.2, 0.25) is 10.2 Å². The van der Waals surface area contributed by atoms with Gasteiger partial charge in [0.15, 0.2) is 15.0 Å². The van der Waals surface area contributed by atoms with E-state index in [4.69, 9.17) is 23.2 Å². The van der Waals surface area contributed by atoms with Gasteiger partial charge in [0.2, 0.25) is 0 Å². The maximum absolute atomic E-state index is 11.6. The predicted octanol–water partition coefficient (Wildman–Crippen LogP) is 1.37. The number of hydrogen-bond acceptors (Lipinski definition) is 4. The molecule has 1 aromatic rings. The van der Waals surface area contributed by atoms with Gasteiger partial charge in [0, 0.05) is 6.54 Å². The van der Waals surface area contributed by atoms with Crippen LogP contribution >= 0.6 is 23.2 Å². The van der Waals surface area contributed by atoms with E-state index in [1.54, 1.807) is 13.8 Å². The highest BCUT2D eigenvalue weighted by atomic mass is 35.5. The van der Waals surface area contributed by atoms with Crippen molar-refractivity contribution in [3.8, 4) is 0 Å². The maximum Gasteiger partial charge on any atom is 0.273 e. The van der Waals surface area contributed by atoms with E-state index in [2.05, 4.69) is 4.98 Å². The second-order valence-electron chi connectivity index (χ2n) is 3.76. The Kier molecular flexibility index (Phi) is 4.57. The van der Waals surface area contributed by atoms with Crippen molar-refractivity contribution in [3.63, 3.8) is 0 Å². The predicted molar refractivity (Wildman–Crippen MR) is 67.4 cm³/mol. The molecule has 5 nitrogen and oxygen atoms in total. The number of aryl methyl sites for hydroxylation is 1. The Balaban J connectivity index is 2.93. The lowest BCUT2D eigenvalue weighted by atomic mass is 10.6. The van der Waals surface area contributed by atoms with Gasteiger partial charge in [-0.2, -0.15) is 0 Å². The van der Waals surface area contributed by atoms with Crippen LogP contribution < -0.4 is 5.56 Å². The van der Waals surface area contributed by atoms with Gasteiger partial charge in [-0.3, -0.25) is 9.36 Å². The average Bonchev–Trinajstić information content (AvgIpc) is 2.25. The first-order valence-electron chi connectivity index (χ1n) is 4.87. The highest BCUT2D eigenvalue weighted by Crippen LogP contribution is 2.12. The summed E-state index contributed by atoms with van der Waals surface area (Å²) < 4.78 is 24.3. The minimum atomic E-state index is -3.20. The number of nitrogens with zero attached hydrogens (tertiary/aromatic N) is 2. The summed E-state index contributed by atoms with van der Waals surface area (Å²) in [6.45, 7) is 3.19. The molecule has 0 aliphatic heterocycles. The molecule has 1 rings (SSSR count). The summed E-state index contributed by atoms with van der Waals surface area (Å²) >= 11 is 11.2. The lowest BCUT2D eigenvalue weighted by Gasteiger charge is -2.09. The van der Waals surface area contributed by atoms with E-state index < -0.39 is 20.6 Å². The fourth-order valence-corrected chi connectivity index (χ4v) is 2.27. The molecule has 0 bridgehead atoms. The molecule has 1 aromatic heterocycles. The number of hydrogen-bond donors (Lipinski definition) is 0. The molecule has 17 heavy (non-hydrogen) atoms. The standard InChI is InChI=1S/C9H12Cl2N2O3S/c1-6(2)17(15,16)4-3-13-5-12-8(11)7(10)9(13)14/h5-6H,3-4H2,1-2H3. The molecule has 1 heterocycles. The fourth-order valence-electron chi connectivity index (χ4n) is 1.06. The summed E-state index contributed by atoms with van der Waals surface area (Å²) in [5, 5.41) is -0.760. The normalized spacial score (nSPS) is 12.1. The second kappa shape index (κ2) is 5.37. The molecule has 0 unspecified atom stereocenters. The van der Waals surface area contributed by atoms with E-state index in [9.17, 15) is 13.2 Å². The molecular weight excluding hydrogens is 287 g/mol. The number of aromatic nitrogens is 2. The molecule has 0 atom stereocenters. The maximum atomic E-state index is 11.6. The second-order valence-corrected chi connectivity index (χ2v) is 7.18. The third-order valence-corrected chi connectivity index (χ3v) is 5.19. The molecule has 0 radical (unpaired) electrons. The van der Waals surface area contributed by atoms with E-state index in [-0.39, 0.29) is 22.5 Å². The zero-order valence-corrected chi connectivity index (χ0v) is 11.7. The Bertz CT molecular complexity index is 566. The minimum Gasteiger partial charge on any atom is -0.297 e. The van der Waals surface area contributed by atoms with Crippen LogP contribution in [0, 0.1) is 0 Å². The fraction of sp³-hybridized carbons (Fsp3) is 0.556. The minimum absolute atomic E-state index is 0.0171. The highest BCUT2D eigenvalue weighted by molar-refractivity contribution is 7.91. The van der Waals surface area contributed by atoms with Gasteiger partial charge in [0.1, 0.15) is 5.02 Å². The first-order valence-corrected chi connectivity index (χ1v) is 7.35. The number of rotatable bonds is 4. The van der Waals surface area contributed by atoms with Crippen LogP contribution in [0.1, 0.15) is 13.8 Å². The van der Waals surface area contributed by atoms with Crippen molar-refractivity contribution < 1.29 is 8.42 Å². The molecule has 0 aliphatic carbocycles. The van der Waals surface area contributed by atoms with E-state index in [0.717, 1.165) is 4.57 Å². The van der Waals surface area contributed by atoms with Crippen LogP contribution in [0.4, 0.5) is 0 Å². The van der Waals surface area contributed by atoms with Crippen LogP contribution in [-0.4, -0.2) is 29.0 Å².